The number of ether oxygens (including phenoxy) is 2. The largest absolute Gasteiger partial charge is 0.488 e. The molecule has 0 aromatic heterocycles. The minimum Gasteiger partial charge on any atom is -0.488 e. The van der Waals surface area contributed by atoms with Gasteiger partial charge in [-0.25, -0.2) is 4.79 Å². The van der Waals surface area contributed by atoms with Gasteiger partial charge in [0.15, 0.2) is 0 Å². The van der Waals surface area contributed by atoms with E-state index < -0.39 is 23.2 Å². The summed E-state index contributed by atoms with van der Waals surface area (Å²) in [6.45, 7) is 3.86. The SMILES string of the molecule is COC(=O)[C@@H](C)N1C(=O)S/C(=C/c2ccccc2OCc2ccc(C)cc2)C1=O. The molecule has 0 unspecified atom stereocenters. The molecule has 2 aromatic carbocycles. The number of hydrogen-bond acceptors (Lipinski definition) is 6. The van der Waals surface area contributed by atoms with Crippen LogP contribution in [0.25, 0.3) is 6.08 Å². The van der Waals surface area contributed by atoms with Gasteiger partial charge in [-0.3, -0.25) is 14.5 Å². The molecule has 29 heavy (non-hydrogen) atoms. The molecule has 1 atom stereocenters. The first-order valence-corrected chi connectivity index (χ1v) is 9.84. The topological polar surface area (TPSA) is 72.9 Å². The molecule has 0 aliphatic carbocycles. The first-order valence-electron chi connectivity index (χ1n) is 9.03. The number of esters is 1. The first kappa shape index (κ1) is 20.7. The number of carbonyl (C=O) groups excluding carboxylic acids is 3. The van der Waals surface area contributed by atoms with Crippen molar-refractivity contribution in [3.05, 3.63) is 70.1 Å². The van der Waals surface area contributed by atoms with Crippen LogP contribution in [0.1, 0.15) is 23.6 Å². The van der Waals surface area contributed by atoms with Crippen molar-refractivity contribution in [2.45, 2.75) is 26.5 Å². The molecule has 1 saturated heterocycles. The summed E-state index contributed by atoms with van der Waals surface area (Å²) >= 11 is 0.793. The zero-order chi connectivity index (χ0) is 21.0. The molecule has 1 heterocycles. The third kappa shape index (κ3) is 4.68. The predicted molar refractivity (Wildman–Crippen MR) is 111 cm³/mol. The van der Waals surface area contributed by atoms with Gasteiger partial charge in [0, 0.05) is 5.56 Å². The van der Waals surface area contributed by atoms with Gasteiger partial charge >= 0.3 is 5.97 Å². The Balaban J connectivity index is 1.80. The third-order valence-electron chi connectivity index (χ3n) is 4.47. The summed E-state index contributed by atoms with van der Waals surface area (Å²) in [6, 6.07) is 14.3. The van der Waals surface area contributed by atoms with Crippen LogP contribution in [0, 0.1) is 6.92 Å². The lowest BCUT2D eigenvalue weighted by Crippen LogP contribution is -2.42. The highest BCUT2D eigenvalue weighted by molar-refractivity contribution is 8.18. The number of benzene rings is 2. The Hall–Kier alpha value is -3.06. The van der Waals surface area contributed by atoms with Crippen molar-refractivity contribution < 1.29 is 23.9 Å². The molecule has 0 saturated carbocycles. The van der Waals surface area contributed by atoms with Crippen LogP contribution in [0.5, 0.6) is 5.75 Å². The Morgan fingerprint density at radius 2 is 1.83 bits per heavy atom. The average molecular weight is 411 g/mol. The number of thioether (sulfide) groups is 1. The molecule has 1 fully saturated rings. The molecule has 7 heteroatoms. The van der Waals surface area contributed by atoms with E-state index in [2.05, 4.69) is 4.74 Å². The Kier molecular flexibility index (Phi) is 6.39. The summed E-state index contributed by atoms with van der Waals surface area (Å²) in [6.07, 6.45) is 1.61. The molecule has 0 N–H and O–H groups in total. The van der Waals surface area contributed by atoms with Crippen molar-refractivity contribution in [2.24, 2.45) is 0 Å². The minimum atomic E-state index is -0.980. The van der Waals surface area contributed by atoms with Crippen molar-refractivity contribution in [3.8, 4) is 5.75 Å². The molecular weight excluding hydrogens is 390 g/mol. The third-order valence-corrected chi connectivity index (χ3v) is 5.36. The highest BCUT2D eigenvalue weighted by Gasteiger charge is 2.41. The van der Waals surface area contributed by atoms with Crippen LogP contribution in [0.4, 0.5) is 4.79 Å². The molecule has 2 aromatic rings. The van der Waals surface area contributed by atoms with Gasteiger partial charge in [-0.15, -0.1) is 0 Å². The van der Waals surface area contributed by atoms with Crippen molar-refractivity contribution in [2.75, 3.05) is 7.11 Å². The second-order valence-electron chi connectivity index (χ2n) is 6.56. The summed E-state index contributed by atoms with van der Waals surface area (Å²) in [5, 5.41) is -0.503. The number of methoxy groups -OCH3 is 1. The highest BCUT2D eigenvalue weighted by atomic mass is 32.2. The normalized spacial score (nSPS) is 16.2. The molecule has 6 nitrogen and oxygen atoms in total. The Morgan fingerprint density at radius 3 is 2.52 bits per heavy atom. The number of aryl methyl sites for hydroxylation is 1. The smallest absolute Gasteiger partial charge is 0.328 e. The van der Waals surface area contributed by atoms with Gasteiger partial charge in [-0.05, 0) is 43.3 Å². The fraction of sp³-hybridized carbons (Fsp3) is 0.227. The number of hydrogen-bond donors (Lipinski definition) is 0. The van der Waals surface area contributed by atoms with E-state index in [1.54, 1.807) is 12.1 Å². The minimum absolute atomic E-state index is 0.233. The van der Waals surface area contributed by atoms with E-state index in [1.165, 1.54) is 19.6 Å². The van der Waals surface area contributed by atoms with E-state index in [-0.39, 0.29) is 4.91 Å². The van der Waals surface area contributed by atoms with Gasteiger partial charge in [0.05, 0.1) is 12.0 Å². The van der Waals surface area contributed by atoms with Crippen LogP contribution < -0.4 is 4.74 Å². The Bertz CT molecular complexity index is 967. The van der Waals surface area contributed by atoms with Crippen molar-refractivity contribution in [3.63, 3.8) is 0 Å². The number of carbonyl (C=O) groups is 3. The van der Waals surface area contributed by atoms with Crippen molar-refractivity contribution >= 4 is 35.0 Å². The molecule has 150 valence electrons. The molecule has 1 aliphatic heterocycles. The molecular formula is C22H21NO5S. The van der Waals surface area contributed by atoms with Gasteiger partial charge in [0.1, 0.15) is 18.4 Å². The number of nitrogens with zero attached hydrogens (tertiary/aromatic N) is 1. The van der Waals surface area contributed by atoms with Gasteiger partial charge in [0.2, 0.25) is 0 Å². The first-order chi connectivity index (χ1) is 13.9. The standard InChI is InChI=1S/C22H21NO5S/c1-14-8-10-16(11-9-14)13-28-18-7-5-4-6-17(18)12-19-20(24)23(22(26)29-19)15(2)21(25)27-3/h4-12,15H,13H2,1-3H3/b19-12+/t15-/m1/s1. The van der Waals surface area contributed by atoms with Gasteiger partial charge < -0.3 is 9.47 Å². The van der Waals surface area contributed by atoms with E-state index in [0.717, 1.165) is 22.2 Å². The van der Waals surface area contributed by atoms with Crippen LogP contribution >= 0.6 is 11.8 Å². The van der Waals surface area contributed by atoms with Crippen LogP contribution in [-0.2, 0) is 20.9 Å². The number of rotatable bonds is 6. The second kappa shape index (κ2) is 8.96. The maximum atomic E-state index is 12.7. The quantitative estimate of drug-likeness (QED) is 0.525. The summed E-state index contributed by atoms with van der Waals surface area (Å²) < 4.78 is 10.6. The van der Waals surface area contributed by atoms with E-state index in [0.29, 0.717) is 17.9 Å². The van der Waals surface area contributed by atoms with E-state index in [9.17, 15) is 14.4 Å². The van der Waals surface area contributed by atoms with Crippen LogP contribution in [0.3, 0.4) is 0 Å². The highest BCUT2D eigenvalue weighted by Crippen LogP contribution is 2.35. The summed E-state index contributed by atoms with van der Waals surface area (Å²) in [7, 11) is 1.22. The van der Waals surface area contributed by atoms with Gasteiger partial charge in [-0.2, -0.15) is 0 Å². The lowest BCUT2D eigenvalue weighted by molar-refractivity contribution is -0.148. The Labute approximate surface area is 173 Å². The van der Waals surface area contributed by atoms with Crippen molar-refractivity contribution in [1.82, 2.24) is 4.90 Å². The molecule has 0 spiro atoms. The summed E-state index contributed by atoms with van der Waals surface area (Å²) in [5.74, 6) is -0.567. The monoisotopic (exact) mass is 411 g/mol. The number of imide groups is 1. The molecule has 1 aliphatic rings. The molecule has 0 radical (unpaired) electrons. The predicted octanol–water partition coefficient (Wildman–Crippen LogP) is 4.17. The fourth-order valence-electron chi connectivity index (χ4n) is 2.81. The fourth-order valence-corrected chi connectivity index (χ4v) is 3.71. The van der Waals surface area contributed by atoms with E-state index >= 15 is 0 Å². The van der Waals surface area contributed by atoms with Crippen molar-refractivity contribution in [1.29, 1.82) is 0 Å². The lowest BCUT2D eigenvalue weighted by atomic mass is 10.1. The number of amides is 2. The maximum Gasteiger partial charge on any atom is 0.328 e. The van der Waals surface area contributed by atoms with Crippen LogP contribution in [-0.4, -0.2) is 35.2 Å². The van der Waals surface area contributed by atoms with Gasteiger partial charge in [0.25, 0.3) is 11.1 Å². The second-order valence-corrected chi connectivity index (χ2v) is 7.56. The summed E-state index contributed by atoms with van der Waals surface area (Å²) in [4.78, 5) is 37.8. The Morgan fingerprint density at radius 1 is 1.14 bits per heavy atom. The molecule has 3 rings (SSSR count). The van der Waals surface area contributed by atoms with Crippen LogP contribution in [0.2, 0.25) is 0 Å². The average Bonchev–Trinajstić information content (AvgIpc) is 3.00. The van der Waals surface area contributed by atoms with Gasteiger partial charge in [-0.1, -0.05) is 48.0 Å². The number of para-hydroxylation sites is 1. The zero-order valence-corrected chi connectivity index (χ0v) is 17.2. The lowest BCUT2D eigenvalue weighted by Gasteiger charge is -2.18. The zero-order valence-electron chi connectivity index (χ0n) is 16.4. The van der Waals surface area contributed by atoms with E-state index in [4.69, 9.17) is 4.74 Å². The molecule has 2 amide bonds. The van der Waals surface area contributed by atoms with E-state index in [1.807, 2.05) is 49.4 Å². The van der Waals surface area contributed by atoms with Crippen LogP contribution in [0.15, 0.2) is 53.4 Å². The summed E-state index contributed by atoms with van der Waals surface area (Å²) in [5.41, 5.74) is 2.87. The molecule has 0 bridgehead atoms. The maximum absolute atomic E-state index is 12.7.